The molecular formula is C14H13N3O4. The van der Waals surface area contributed by atoms with Crippen LogP contribution in [0.1, 0.15) is 15.9 Å². The quantitative estimate of drug-likeness (QED) is 0.508. The molecule has 0 fully saturated rings. The first-order valence-corrected chi connectivity index (χ1v) is 6.01. The number of nitrogens with two attached hydrogens (primary N) is 2. The van der Waals surface area contributed by atoms with Gasteiger partial charge in [0.15, 0.2) is 5.75 Å². The molecule has 21 heavy (non-hydrogen) atoms. The van der Waals surface area contributed by atoms with E-state index >= 15 is 0 Å². The Kier molecular flexibility index (Phi) is 3.75. The minimum Gasteiger partial charge on any atom is -0.448 e. The van der Waals surface area contributed by atoms with Crippen LogP contribution in [0.15, 0.2) is 36.4 Å². The molecule has 2 rings (SSSR count). The lowest BCUT2D eigenvalue weighted by Crippen LogP contribution is -2.11. The molecule has 0 aliphatic rings. The lowest BCUT2D eigenvalue weighted by Gasteiger charge is -2.11. The van der Waals surface area contributed by atoms with Crippen molar-refractivity contribution in [3.63, 3.8) is 0 Å². The Hall–Kier alpha value is -3.09. The van der Waals surface area contributed by atoms with Crippen LogP contribution >= 0.6 is 0 Å². The number of nitrogen functional groups attached to an aromatic ring is 1. The zero-order chi connectivity index (χ0) is 15.6. The van der Waals surface area contributed by atoms with E-state index in [1.54, 1.807) is 25.1 Å². The molecule has 0 aliphatic carbocycles. The van der Waals surface area contributed by atoms with Gasteiger partial charge in [0.2, 0.25) is 11.7 Å². The third-order valence-electron chi connectivity index (χ3n) is 2.89. The number of anilines is 1. The van der Waals surface area contributed by atoms with Crippen molar-refractivity contribution in [2.24, 2.45) is 5.73 Å². The SMILES string of the molecule is Cc1cccc(N)c1Oc1ccc(C(N)=O)cc1[N+](=O)[O-]. The van der Waals surface area contributed by atoms with E-state index < -0.39 is 10.8 Å². The minimum absolute atomic E-state index is 0.00833. The van der Waals surface area contributed by atoms with Gasteiger partial charge in [0.1, 0.15) is 0 Å². The molecule has 0 atom stereocenters. The molecule has 7 heteroatoms. The van der Waals surface area contributed by atoms with Crippen molar-refractivity contribution >= 4 is 17.3 Å². The average Bonchev–Trinajstić information content (AvgIpc) is 2.42. The number of rotatable bonds is 4. The first-order chi connectivity index (χ1) is 9.90. The summed E-state index contributed by atoms with van der Waals surface area (Å²) in [5.41, 5.74) is 11.7. The summed E-state index contributed by atoms with van der Waals surface area (Å²) >= 11 is 0. The monoisotopic (exact) mass is 287 g/mol. The first kappa shape index (κ1) is 14.3. The summed E-state index contributed by atoms with van der Waals surface area (Å²) < 4.78 is 5.55. The molecule has 0 unspecified atom stereocenters. The first-order valence-electron chi connectivity index (χ1n) is 6.01. The number of hydrogen-bond acceptors (Lipinski definition) is 5. The van der Waals surface area contributed by atoms with Gasteiger partial charge in [-0.3, -0.25) is 14.9 Å². The largest absolute Gasteiger partial charge is 0.448 e. The maximum absolute atomic E-state index is 11.1. The second-order valence-corrected chi connectivity index (χ2v) is 4.40. The highest BCUT2D eigenvalue weighted by molar-refractivity contribution is 5.93. The van der Waals surface area contributed by atoms with E-state index in [-0.39, 0.29) is 17.0 Å². The van der Waals surface area contributed by atoms with Crippen LogP contribution in [0.3, 0.4) is 0 Å². The molecule has 7 nitrogen and oxygen atoms in total. The summed E-state index contributed by atoms with van der Waals surface area (Å²) in [6.07, 6.45) is 0. The number of hydrogen-bond donors (Lipinski definition) is 2. The van der Waals surface area contributed by atoms with Gasteiger partial charge in [-0.05, 0) is 30.7 Å². The van der Waals surface area contributed by atoms with E-state index in [0.29, 0.717) is 11.4 Å². The van der Waals surface area contributed by atoms with Crippen LogP contribution in [0.2, 0.25) is 0 Å². The highest BCUT2D eigenvalue weighted by atomic mass is 16.6. The Morgan fingerprint density at radius 3 is 2.57 bits per heavy atom. The number of nitro groups is 1. The van der Waals surface area contributed by atoms with Crippen LogP contribution in [0.4, 0.5) is 11.4 Å². The summed E-state index contributed by atoms with van der Waals surface area (Å²) in [5, 5.41) is 11.1. The molecule has 0 heterocycles. The minimum atomic E-state index is -0.750. The maximum atomic E-state index is 11.1. The Morgan fingerprint density at radius 2 is 2.00 bits per heavy atom. The molecule has 0 aromatic heterocycles. The second kappa shape index (κ2) is 5.49. The van der Waals surface area contributed by atoms with Gasteiger partial charge < -0.3 is 16.2 Å². The maximum Gasteiger partial charge on any atom is 0.312 e. The molecule has 0 aliphatic heterocycles. The van der Waals surface area contributed by atoms with Crippen LogP contribution in [0, 0.1) is 17.0 Å². The second-order valence-electron chi connectivity index (χ2n) is 4.40. The zero-order valence-electron chi connectivity index (χ0n) is 11.2. The van der Waals surface area contributed by atoms with E-state index in [9.17, 15) is 14.9 Å². The molecule has 0 saturated carbocycles. The van der Waals surface area contributed by atoms with Gasteiger partial charge in [0.05, 0.1) is 10.6 Å². The number of amides is 1. The topological polar surface area (TPSA) is 121 Å². The molecule has 2 aromatic carbocycles. The van der Waals surface area contributed by atoms with Gasteiger partial charge in [-0.15, -0.1) is 0 Å². The molecule has 0 spiro atoms. The van der Waals surface area contributed by atoms with Crippen molar-refractivity contribution in [1.82, 2.24) is 0 Å². The predicted molar refractivity (Wildman–Crippen MR) is 77.3 cm³/mol. The number of aryl methyl sites for hydroxylation is 1. The van der Waals surface area contributed by atoms with Gasteiger partial charge >= 0.3 is 5.69 Å². The van der Waals surface area contributed by atoms with Gasteiger partial charge in [0.25, 0.3) is 0 Å². The van der Waals surface area contributed by atoms with Crippen LogP contribution in [-0.4, -0.2) is 10.8 Å². The van der Waals surface area contributed by atoms with E-state index in [0.717, 1.165) is 11.6 Å². The highest BCUT2D eigenvalue weighted by Crippen LogP contribution is 2.36. The molecule has 108 valence electrons. The third-order valence-corrected chi connectivity index (χ3v) is 2.89. The molecule has 0 radical (unpaired) electrons. The van der Waals surface area contributed by atoms with Crippen molar-refractivity contribution < 1.29 is 14.5 Å². The van der Waals surface area contributed by atoms with Crippen molar-refractivity contribution in [3.05, 3.63) is 57.6 Å². The van der Waals surface area contributed by atoms with E-state index in [1.165, 1.54) is 12.1 Å². The van der Waals surface area contributed by atoms with Gasteiger partial charge in [-0.2, -0.15) is 0 Å². The van der Waals surface area contributed by atoms with Crippen LogP contribution in [0.5, 0.6) is 11.5 Å². The van der Waals surface area contributed by atoms with Gasteiger partial charge in [-0.1, -0.05) is 12.1 Å². The fraction of sp³-hybridized carbons (Fsp3) is 0.0714. The van der Waals surface area contributed by atoms with Gasteiger partial charge in [-0.25, -0.2) is 0 Å². The Morgan fingerprint density at radius 1 is 1.29 bits per heavy atom. The fourth-order valence-electron chi connectivity index (χ4n) is 1.82. The number of benzene rings is 2. The number of ether oxygens (including phenoxy) is 1. The Bertz CT molecular complexity index is 708. The van der Waals surface area contributed by atoms with Crippen molar-refractivity contribution in [1.29, 1.82) is 0 Å². The Balaban J connectivity index is 2.49. The lowest BCUT2D eigenvalue weighted by molar-refractivity contribution is -0.385. The van der Waals surface area contributed by atoms with Gasteiger partial charge in [0, 0.05) is 11.6 Å². The third kappa shape index (κ3) is 2.92. The van der Waals surface area contributed by atoms with Crippen LogP contribution in [0.25, 0.3) is 0 Å². The number of nitro benzene ring substituents is 1. The summed E-state index contributed by atoms with van der Waals surface area (Å²) in [4.78, 5) is 21.5. The summed E-state index contributed by atoms with van der Waals surface area (Å²) in [6.45, 7) is 1.77. The van der Waals surface area contributed by atoms with Crippen LogP contribution in [-0.2, 0) is 0 Å². The molecule has 1 amide bonds. The lowest BCUT2D eigenvalue weighted by atomic mass is 10.1. The number of carbonyl (C=O) groups excluding carboxylic acids is 1. The van der Waals surface area contributed by atoms with Crippen molar-refractivity contribution in [3.8, 4) is 11.5 Å². The number of carbonyl (C=O) groups is 1. The fourth-order valence-corrected chi connectivity index (χ4v) is 1.82. The van der Waals surface area contributed by atoms with E-state index in [1.807, 2.05) is 0 Å². The van der Waals surface area contributed by atoms with E-state index in [4.69, 9.17) is 16.2 Å². The predicted octanol–water partition coefficient (Wildman–Crippen LogP) is 2.38. The number of para-hydroxylation sites is 1. The molecule has 0 bridgehead atoms. The molecule has 0 saturated heterocycles. The van der Waals surface area contributed by atoms with Crippen LogP contribution < -0.4 is 16.2 Å². The summed E-state index contributed by atoms with van der Waals surface area (Å²) in [6, 6.07) is 8.92. The summed E-state index contributed by atoms with van der Waals surface area (Å²) in [7, 11) is 0. The van der Waals surface area contributed by atoms with Crippen molar-refractivity contribution in [2.45, 2.75) is 6.92 Å². The average molecular weight is 287 g/mol. The smallest absolute Gasteiger partial charge is 0.312 e. The van der Waals surface area contributed by atoms with E-state index in [2.05, 4.69) is 0 Å². The molecular weight excluding hydrogens is 274 g/mol. The Labute approximate surface area is 120 Å². The highest BCUT2D eigenvalue weighted by Gasteiger charge is 2.19. The molecule has 4 N–H and O–H groups in total. The summed E-state index contributed by atoms with van der Waals surface area (Å²) in [5.74, 6) is -0.418. The molecule has 2 aromatic rings. The number of nitrogens with zero attached hydrogens (tertiary/aromatic N) is 1. The standard InChI is InChI=1S/C14H13N3O4/c1-8-3-2-4-10(15)13(8)21-12-6-5-9(14(16)18)7-11(12)17(19)20/h2-7H,15H2,1H3,(H2,16,18). The zero-order valence-corrected chi connectivity index (χ0v) is 11.2. The van der Waals surface area contributed by atoms with Crippen molar-refractivity contribution in [2.75, 3.05) is 5.73 Å². The normalized spacial score (nSPS) is 10.1. The number of primary amides is 1.